The van der Waals surface area contributed by atoms with E-state index in [0.29, 0.717) is 24.3 Å². The van der Waals surface area contributed by atoms with Gasteiger partial charge in [-0.25, -0.2) is 4.79 Å². The number of nitrogens with zero attached hydrogens (tertiary/aromatic N) is 2. The smallest absolute Gasteiger partial charge is 0.338 e. The molecule has 21 heavy (non-hydrogen) atoms. The van der Waals surface area contributed by atoms with Crippen molar-refractivity contribution in [3.63, 3.8) is 0 Å². The van der Waals surface area contributed by atoms with Gasteiger partial charge in [-0.1, -0.05) is 6.07 Å². The van der Waals surface area contributed by atoms with Gasteiger partial charge in [-0.15, -0.1) is 0 Å². The van der Waals surface area contributed by atoms with E-state index in [1.807, 2.05) is 43.3 Å². The minimum Gasteiger partial charge on any atom is -0.462 e. The second-order valence-electron chi connectivity index (χ2n) is 4.88. The number of benzene rings is 1. The molecule has 1 aromatic heterocycles. The first kappa shape index (κ1) is 14.8. The summed E-state index contributed by atoms with van der Waals surface area (Å²) in [5.74, 6) is -0.372. The first-order chi connectivity index (χ1) is 10.1. The number of hydrogen-bond acceptors (Lipinski definition) is 5. The molecule has 0 unspecified atom stereocenters. The molecule has 0 radical (unpaired) electrons. The van der Waals surface area contributed by atoms with E-state index >= 15 is 0 Å². The number of rotatable bonds is 5. The van der Waals surface area contributed by atoms with Crippen molar-refractivity contribution in [1.82, 2.24) is 4.98 Å². The number of hydrogen-bond donors (Lipinski definition) is 1. The summed E-state index contributed by atoms with van der Waals surface area (Å²) in [6.45, 7) is 0.297. The molecule has 0 amide bonds. The standard InChI is InChI=1S/C16H19N3O2/c1-19(2)15-7-6-12(11-14(15)17)16(20)21-10-8-13-5-3-4-9-18-13/h3-7,9,11H,8,10,17H2,1-2H3. The Balaban J connectivity index is 1.93. The fourth-order valence-electron chi connectivity index (χ4n) is 1.97. The quantitative estimate of drug-likeness (QED) is 0.673. The molecule has 0 aliphatic rings. The van der Waals surface area contributed by atoms with Gasteiger partial charge in [0, 0.05) is 32.4 Å². The molecule has 1 aromatic carbocycles. The Morgan fingerprint density at radius 3 is 2.71 bits per heavy atom. The Kier molecular flexibility index (Phi) is 4.77. The number of esters is 1. The van der Waals surface area contributed by atoms with E-state index in [-0.39, 0.29) is 5.97 Å². The third-order valence-corrected chi connectivity index (χ3v) is 3.06. The first-order valence-electron chi connectivity index (χ1n) is 6.72. The summed E-state index contributed by atoms with van der Waals surface area (Å²) in [5.41, 5.74) is 8.70. The summed E-state index contributed by atoms with van der Waals surface area (Å²) < 4.78 is 5.24. The van der Waals surface area contributed by atoms with Crippen LogP contribution in [0.2, 0.25) is 0 Å². The minimum absolute atomic E-state index is 0.297. The third-order valence-electron chi connectivity index (χ3n) is 3.06. The van der Waals surface area contributed by atoms with Crippen LogP contribution in [0.4, 0.5) is 11.4 Å². The Bertz CT molecular complexity index is 612. The number of nitrogens with two attached hydrogens (primary N) is 1. The molecule has 0 atom stereocenters. The highest BCUT2D eigenvalue weighted by Gasteiger charge is 2.10. The normalized spacial score (nSPS) is 10.2. The Labute approximate surface area is 124 Å². The summed E-state index contributed by atoms with van der Waals surface area (Å²) in [4.78, 5) is 18.0. The fourth-order valence-corrected chi connectivity index (χ4v) is 1.97. The Morgan fingerprint density at radius 1 is 1.29 bits per heavy atom. The lowest BCUT2D eigenvalue weighted by Gasteiger charge is -2.15. The van der Waals surface area contributed by atoms with Crippen LogP contribution in [-0.2, 0) is 11.2 Å². The predicted molar refractivity (Wildman–Crippen MR) is 83.4 cm³/mol. The SMILES string of the molecule is CN(C)c1ccc(C(=O)OCCc2ccccn2)cc1N. The van der Waals surface area contributed by atoms with Crippen molar-refractivity contribution in [1.29, 1.82) is 0 Å². The molecule has 0 spiro atoms. The summed E-state index contributed by atoms with van der Waals surface area (Å²) in [5, 5.41) is 0. The predicted octanol–water partition coefficient (Wildman–Crippen LogP) is 2.13. The first-order valence-corrected chi connectivity index (χ1v) is 6.72. The highest BCUT2D eigenvalue weighted by molar-refractivity contribution is 5.92. The van der Waals surface area contributed by atoms with Crippen LogP contribution in [0.5, 0.6) is 0 Å². The Hall–Kier alpha value is -2.56. The van der Waals surface area contributed by atoms with E-state index < -0.39 is 0 Å². The highest BCUT2D eigenvalue weighted by Crippen LogP contribution is 2.22. The molecule has 0 bridgehead atoms. The molecule has 0 aliphatic carbocycles. The van der Waals surface area contributed by atoms with E-state index in [0.717, 1.165) is 11.4 Å². The molecule has 0 saturated carbocycles. The molecular weight excluding hydrogens is 266 g/mol. The van der Waals surface area contributed by atoms with Gasteiger partial charge in [-0.3, -0.25) is 4.98 Å². The molecule has 2 rings (SSSR count). The molecule has 1 heterocycles. The van der Waals surface area contributed by atoms with Crippen molar-refractivity contribution in [2.75, 3.05) is 31.3 Å². The van der Waals surface area contributed by atoms with Gasteiger partial charge < -0.3 is 15.4 Å². The lowest BCUT2D eigenvalue weighted by atomic mass is 10.1. The van der Waals surface area contributed by atoms with E-state index in [1.165, 1.54) is 0 Å². The summed E-state index contributed by atoms with van der Waals surface area (Å²) in [6.07, 6.45) is 2.32. The van der Waals surface area contributed by atoms with Crippen LogP contribution in [0.3, 0.4) is 0 Å². The van der Waals surface area contributed by atoms with Gasteiger partial charge in [0.2, 0.25) is 0 Å². The van der Waals surface area contributed by atoms with Crippen LogP contribution in [0.1, 0.15) is 16.1 Å². The molecule has 110 valence electrons. The fraction of sp³-hybridized carbons (Fsp3) is 0.250. The van der Waals surface area contributed by atoms with E-state index in [4.69, 9.17) is 10.5 Å². The van der Waals surface area contributed by atoms with Gasteiger partial charge in [-0.05, 0) is 30.3 Å². The van der Waals surface area contributed by atoms with Gasteiger partial charge in [0.1, 0.15) is 0 Å². The van der Waals surface area contributed by atoms with Crippen LogP contribution in [0.15, 0.2) is 42.6 Å². The maximum absolute atomic E-state index is 12.0. The number of anilines is 2. The topological polar surface area (TPSA) is 68.5 Å². The zero-order valence-corrected chi connectivity index (χ0v) is 12.2. The average molecular weight is 285 g/mol. The summed E-state index contributed by atoms with van der Waals surface area (Å²) >= 11 is 0. The van der Waals surface area contributed by atoms with Crippen molar-refractivity contribution in [2.45, 2.75) is 6.42 Å². The zero-order valence-electron chi connectivity index (χ0n) is 12.2. The van der Waals surface area contributed by atoms with Crippen LogP contribution < -0.4 is 10.6 Å². The number of carbonyl (C=O) groups excluding carboxylic acids is 1. The highest BCUT2D eigenvalue weighted by atomic mass is 16.5. The van der Waals surface area contributed by atoms with Crippen molar-refractivity contribution in [3.05, 3.63) is 53.9 Å². The number of aromatic nitrogens is 1. The lowest BCUT2D eigenvalue weighted by Crippen LogP contribution is -2.13. The molecule has 0 fully saturated rings. The van der Waals surface area contributed by atoms with Gasteiger partial charge in [-0.2, -0.15) is 0 Å². The van der Waals surface area contributed by atoms with Crippen LogP contribution >= 0.6 is 0 Å². The molecule has 5 heteroatoms. The van der Waals surface area contributed by atoms with E-state index in [9.17, 15) is 4.79 Å². The second-order valence-corrected chi connectivity index (χ2v) is 4.88. The number of nitrogen functional groups attached to an aromatic ring is 1. The van der Waals surface area contributed by atoms with Crippen molar-refractivity contribution >= 4 is 17.3 Å². The number of ether oxygens (including phenoxy) is 1. The van der Waals surface area contributed by atoms with Crippen LogP contribution in [0.25, 0.3) is 0 Å². The minimum atomic E-state index is -0.372. The number of carbonyl (C=O) groups is 1. The maximum atomic E-state index is 12.0. The van der Waals surface area contributed by atoms with Crippen molar-refractivity contribution < 1.29 is 9.53 Å². The summed E-state index contributed by atoms with van der Waals surface area (Å²) in [6, 6.07) is 10.8. The van der Waals surface area contributed by atoms with Crippen molar-refractivity contribution in [3.8, 4) is 0 Å². The van der Waals surface area contributed by atoms with E-state index in [1.54, 1.807) is 18.3 Å². The van der Waals surface area contributed by atoms with Gasteiger partial charge in [0.25, 0.3) is 0 Å². The van der Waals surface area contributed by atoms with Gasteiger partial charge in [0.15, 0.2) is 0 Å². The molecule has 5 nitrogen and oxygen atoms in total. The summed E-state index contributed by atoms with van der Waals surface area (Å²) in [7, 11) is 3.80. The third kappa shape index (κ3) is 3.95. The largest absolute Gasteiger partial charge is 0.462 e. The molecule has 2 N–H and O–H groups in total. The average Bonchev–Trinajstić information content (AvgIpc) is 2.47. The molecule has 0 aliphatic heterocycles. The van der Waals surface area contributed by atoms with E-state index in [2.05, 4.69) is 4.98 Å². The monoisotopic (exact) mass is 285 g/mol. The maximum Gasteiger partial charge on any atom is 0.338 e. The van der Waals surface area contributed by atoms with Crippen molar-refractivity contribution in [2.24, 2.45) is 0 Å². The zero-order chi connectivity index (χ0) is 15.2. The van der Waals surface area contributed by atoms with Gasteiger partial charge in [0.05, 0.1) is 23.5 Å². The van der Waals surface area contributed by atoms with Crippen LogP contribution in [-0.4, -0.2) is 31.7 Å². The van der Waals surface area contributed by atoms with Gasteiger partial charge >= 0.3 is 5.97 Å². The second kappa shape index (κ2) is 6.74. The molecule has 0 saturated heterocycles. The lowest BCUT2D eigenvalue weighted by molar-refractivity contribution is 0.0508. The Morgan fingerprint density at radius 2 is 2.10 bits per heavy atom. The number of pyridine rings is 1. The molecule has 2 aromatic rings. The molecular formula is C16H19N3O2. The van der Waals surface area contributed by atoms with Crippen LogP contribution in [0, 0.1) is 0 Å².